The van der Waals surface area contributed by atoms with Gasteiger partial charge in [0.1, 0.15) is 5.82 Å². The maximum Gasteiger partial charge on any atom is 0.223 e. The Morgan fingerprint density at radius 3 is 2.83 bits per heavy atom. The van der Waals surface area contributed by atoms with Crippen LogP contribution in [0.5, 0.6) is 0 Å². The number of piperidine rings is 1. The predicted octanol–water partition coefficient (Wildman–Crippen LogP) is 1.94. The van der Waals surface area contributed by atoms with Gasteiger partial charge in [-0.3, -0.25) is 4.79 Å². The zero-order valence-corrected chi connectivity index (χ0v) is 14.8. The van der Waals surface area contributed by atoms with Gasteiger partial charge in [-0.15, -0.1) is 0 Å². The van der Waals surface area contributed by atoms with Crippen molar-refractivity contribution < 1.29 is 17.6 Å². The molecule has 1 aliphatic heterocycles. The van der Waals surface area contributed by atoms with Crippen molar-refractivity contribution in [2.75, 3.05) is 25.9 Å². The number of nitrogens with one attached hydrogen (secondary N) is 1. The fourth-order valence-corrected chi connectivity index (χ4v) is 3.56. The van der Waals surface area contributed by atoms with Crippen LogP contribution in [-0.4, -0.2) is 45.1 Å². The zero-order chi connectivity index (χ0) is 17.6. The maximum absolute atomic E-state index is 13.7. The van der Waals surface area contributed by atoms with Gasteiger partial charge >= 0.3 is 0 Å². The number of carbonyl (C=O) groups excluding carboxylic acids is 1. The number of likely N-dealkylation sites (tertiary alicyclic amines) is 1. The van der Waals surface area contributed by atoms with Crippen molar-refractivity contribution in [1.29, 1.82) is 0 Å². The summed E-state index contributed by atoms with van der Waals surface area (Å²) in [6.07, 6.45) is 4.76. The Morgan fingerprint density at radius 2 is 2.12 bits per heavy atom. The van der Waals surface area contributed by atoms with E-state index in [9.17, 15) is 17.6 Å². The Bertz CT molecular complexity index is 664. The van der Waals surface area contributed by atoms with Crippen LogP contribution in [0.4, 0.5) is 4.39 Å². The molecule has 1 N–H and O–H groups in total. The predicted molar refractivity (Wildman–Crippen MR) is 91.5 cm³/mol. The van der Waals surface area contributed by atoms with Crippen molar-refractivity contribution in [3.8, 4) is 0 Å². The molecule has 0 bridgehead atoms. The van der Waals surface area contributed by atoms with E-state index in [2.05, 4.69) is 4.72 Å². The summed E-state index contributed by atoms with van der Waals surface area (Å²) in [5.41, 5.74) is 0.721. The van der Waals surface area contributed by atoms with Gasteiger partial charge in [0.05, 0.1) is 6.26 Å². The van der Waals surface area contributed by atoms with Crippen molar-refractivity contribution >= 4 is 15.9 Å². The fourth-order valence-electron chi connectivity index (χ4n) is 3.09. The van der Waals surface area contributed by atoms with Gasteiger partial charge in [0, 0.05) is 26.1 Å². The Morgan fingerprint density at radius 1 is 1.38 bits per heavy atom. The molecule has 1 aromatic carbocycles. The molecule has 0 aromatic heterocycles. The normalized spacial score (nSPS) is 18.6. The van der Waals surface area contributed by atoms with Crippen molar-refractivity contribution in [2.45, 2.75) is 32.1 Å². The van der Waals surface area contributed by atoms with Crippen LogP contribution in [0.2, 0.25) is 0 Å². The lowest BCUT2D eigenvalue weighted by atomic mass is 9.91. The van der Waals surface area contributed by atoms with Gasteiger partial charge in [-0.2, -0.15) is 0 Å². The lowest BCUT2D eigenvalue weighted by Crippen LogP contribution is -2.41. The molecule has 1 aliphatic rings. The zero-order valence-electron chi connectivity index (χ0n) is 14.0. The lowest BCUT2D eigenvalue weighted by Gasteiger charge is -2.33. The van der Waals surface area contributed by atoms with Crippen LogP contribution in [0.3, 0.4) is 0 Å². The molecule has 134 valence electrons. The third-order valence-corrected chi connectivity index (χ3v) is 5.08. The molecule has 24 heavy (non-hydrogen) atoms. The largest absolute Gasteiger partial charge is 0.342 e. The first kappa shape index (κ1) is 18.9. The summed E-state index contributed by atoms with van der Waals surface area (Å²) < 4.78 is 38.0. The third-order valence-electron chi connectivity index (χ3n) is 4.35. The minimum Gasteiger partial charge on any atom is -0.342 e. The van der Waals surface area contributed by atoms with E-state index in [1.807, 2.05) is 6.07 Å². The first-order valence-corrected chi connectivity index (χ1v) is 10.2. The van der Waals surface area contributed by atoms with Crippen LogP contribution in [0.1, 0.15) is 31.2 Å². The van der Waals surface area contributed by atoms with Gasteiger partial charge in [-0.25, -0.2) is 17.5 Å². The third kappa shape index (κ3) is 6.20. The number of halogens is 1. The highest BCUT2D eigenvalue weighted by Crippen LogP contribution is 2.22. The molecule has 5 nitrogen and oxygen atoms in total. The second-order valence-corrected chi connectivity index (χ2v) is 8.23. The molecular formula is C17H25FN2O3S. The minimum atomic E-state index is -3.26. The molecule has 1 unspecified atom stereocenters. The average Bonchev–Trinajstić information content (AvgIpc) is 2.53. The number of sulfonamides is 1. The molecule has 7 heteroatoms. The molecular weight excluding hydrogens is 331 g/mol. The van der Waals surface area contributed by atoms with Crippen LogP contribution in [0.25, 0.3) is 0 Å². The number of hydrogen-bond donors (Lipinski definition) is 1. The van der Waals surface area contributed by atoms with E-state index in [-0.39, 0.29) is 24.7 Å². The smallest absolute Gasteiger partial charge is 0.223 e. The van der Waals surface area contributed by atoms with E-state index in [0.29, 0.717) is 25.4 Å². The van der Waals surface area contributed by atoms with E-state index in [4.69, 9.17) is 0 Å². The number of rotatable bonds is 7. The highest BCUT2D eigenvalue weighted by Gasteiger charge is 2.23. The minimum absolute atomic E-state index is 0.0262. The Kier molecular flexibility index (Phi) is 6.74. The second-order valence-electron chi connectivity index (χ2n) is 6.39. The standard InChI is InChI=1S/C17H25FN2O3S/c1-24(22,23)19-11-10-17(21)20-12-4-5-14(13-20)8-9-15-6-2-3-7-16(15)18/h2-3,6-7,14,19H,4-5,8-13H2,1H3. The van der Waals surface area contributed by atoms with Crippen LogP contribution in [0.15, 0.2) is 24.3 Å². The van der Waals surface area contributed by atoms with Crippen molar-refractivity contribution in [3.63, 3.8) is 0 Å². The second kappa shape index (κ2) is 8.58. The monoisotopic (exact) mass is 356 g/mol. The molecule has 1 saturated heterocycles. The number of benzene rings is 1. The highest BCUT2D eigenvalue weighted by atomic mass is 32.2. The topological polar surface area (TPSA) is 66.5 Å². The summed E-state index contributed by atoms with van der Waals surface area (Å²) in [5.74, 6) is 0.167. The van der Waals surface area contributed by atoms with Gasteiger partial charge in [-0.1, -0.05) is 18.2 Å². The van der Waals surface area contributed by atoms with E-state index in [1.54, 1.807) is 17.0 Å². The van der Waals surface area contributed by atoms with E-state index >= 15 is 0 Å². The molecule has 0 radical (unpaired) electrons. The molecule has 1 aromatic rings. The van der Waals surface area contributed by atoms with Crippen molar-refractivity contribution in [3.05, 3.63) is 35.6 Å². The molecule has 0 spiro atoms. The lowest BCUT2D eigenvalue weighted by molar-refractivity contribution is -0.132. The van der Waals surface area contributed by atoms with E-state index in [1.165, 1.54) is 6.07 Å². The van der Waals surface area contributed by atoms with Crippen LogP contribution >= 0.6 is 0 Å². The number of aryl methyl sites for hydroxylation is 1. The summed E-state index contributed by atoms with van der Waals surface area (Å²) in [4.78, 5) is 14.0. The van der Waals surface area contributed by atoms with E-state index in [0.717, 1.165) is 31.1 Å². The first-order chi connectivity index (χ1) is 11.3. The van der Waals surface area contributed by atoms with Crippen LogP contribution < -0.4 is 4.72 Å². The first-order valence-electron chi connectivity index (χ1n) is 8.31. The summed E-state index contributed by atoms with van der Waals surface area (Å²) >= 11 is 0. The molecule has 0 saturated carbocycles. The van der Waals surface area contributed by atoms with Gasteiger partial charge < -0.3 is 4.90 Å². The van der Waals surface area contributed by atoms with E-state index < -0.39 is 10.0 Å². The van der Waals surface area contributed by atoms with Crippen LogP contribution in [0, 0.1) is 11.7 Å². The van der Waals surface area contributed by atoms with Gasteiger partial charge in [0.2, 0.25) is 15.9 Å². The summed E-state index contributed by atoms with van der Waals surface area (Å²) in [6, 6.07) is 6.80. The summed E-state index contributed by atoms with van der Waals surface area (Å²) in [6.45, 7) is 1.52. The fraction of sp³-hybridized carbons (Fsp3) is 0.588. The quantitative estimate of drug-likeness (QED) is 0.812. The van der Waals surface area contributed by atoms with Gasteiger partial charge in [-0.05, 0) is 43.2 Å². The SMILES string of the molecule is CS(=O)(=O)NCCC(=O)N1CCCC(CCc2ccccc2F)C1. The number of hydrogen-bond acceptors (Lipinski definition) is 3. The van der Waals surface area contributed by atoms with Crippen LogP contribution in [-0.2, 0) is 21.2 Å². The molecule has 0 aliphatic carbocycles. The van der Waals surface area contributed by atoms with Crippen molar-refractivity contribution in [1.82, 2.24) is 9.62 Å². The molecule has 2 rings (SSSR count). The molecule has 1 amide bonds. The van der Waals surface area contributed by atoms with Gasteiger partial charge in [0.25, 0.3) is 0 Å². The summed E-state index contributed by atoms with van der Waals surface area (Å²) in [7, 11) is -3.26. The maximum atomic E-state index is 13.7. The molecule has 1 atom stereocenters. The average molecular weight is 356 g/mol. The number of carbonyl (C=O) groups is 1. The molecule has 1 heterocycles. The highest BCUT2D eigenvalue weighted by molar-refractivity contribution is 7.88. The Hall–Kier alpha value is -1.47. The van der Waals surface area contributed by atoms with Crippen molar-refractivity contribution in [2.24, 2.45) is 5.92 Å². The van der Waals surface area contributed by atoms with Gasteiger partial charge in [0.15, 0.2) is 0 Å². The summed E-state index contributed by atoms with van der Waals surface area (Å²) in [5, 5.41) is 0. The molecule has 1 fully saturated rings. The number of amides is 1. The Balaban J connectivity index is 1.78. The number of nitrogens with zero attached hydrogens (tertiary/aromatic N) is 1. The Labute approximate surface area is 143 Å².